The summed E-state index contributed by atoms with van der Waals surface area (Å²) in [5.41, 5.74) is 0.823. The van der Waals surface area contributed by atoms with Crippen molar-refractivity contribution >= 4 is 5.91 Å². The SMILES string of the molecule is CC1CN(CC(=O)NCCc2ccc(OC(F)(F)F)cc2)CC(C)O1. The van der Waals surface area contributed by atoms with E-state index in [1.54, 1.807) is 12.1 Å². The normalized spacial score (nSPS) is 21.8. The van der Waals surface area contributed by atoms with Gasteiger partial charge in [-0.05, 0) is 38.0 Å². The second-order valence-corrected chi connectivity index (χ2v) is 6.24. The summed E-state index contributed by atoms with van der Waals surface area (Å²) in [5, 5.41) is 2.83. The number of nitrogens with one attached hydrogen (secondary N) is 1. The summed E-state index contributed by atoms with van der Waals surface area (Å²) in [7, 11) is 0. The number of rotatable bonds is 6. The first kappa shape index (κ1) is 19.5. The lowest BCUT2D eigenvalue weighted by Crippen LogP contribution is -2.49. The second-order valence-electron chi connectivity index (χ2n) is 6.24. The highest BCUT2D eigenvalue weighted by Gasteiger charge is 2.31. The van der Waals surface area contributed by atoms with E-state index in [4.69, 9.17) is 4.74 Å². The molecule has 0 radical (unpaired) electrons. The number of carbonyl (C=O) groups is 1. The van der Waals surface area contributed by atoms with Gasteiger partial charge in [0.2, 0.25) is 5.91 Å². The highest BCUT2D eigenvalue weighted by Crippen LogP contribution is 2.22. The van der Waals surface area contributed by atoms with E-state index in [0.717, 1.165) is 18.7 Å². The molecule has 1 aliphatic rings. The molecule has 0 bridgehead atoms. The molecule has 0 saturated carbocycles. The predicted molar refractivity (Wildman–Crippen MR) is 86.3 cm³/mol. The van der Waals surface area contributed by atoms with Crippen molar-refractivity contribution in [3.8, 4) is 5.75 Å². The van der Waals surface area contributed by atoms with Crippen LogP contribution >= 0.6 is 0 Å². The van der Waals surface area contributed by atoms with E-state index in [-0.39, 0.29) is 23.9 Å². The van der Waals surface area contributed by atoms with Crippen molar-refractivity contribution in [3.63, 3.8) is 0 Å². The number of ether oxygens (including phenoxy) is 2. The van der Waals surface area contributed by atoms with Gasteiger partial charge in [-0.15, -0.1) is 13.2 Å². The average molecular weight is 360 g/mol. The molecule has 140 valence electrons. The number of hydrogen-bond donors (Lipinski definition) is 1. The number of nitrogens with zero attached hydrogens (tertiary/aromatic N) is 1. The van der Waals surface area contributed by atoms with Crippen molar-refractivity contribution in [2.75, 3.05) is 26.2 Å². The zero-order valence-corrected chi connectivity index (χ0v) is 14.3. The van der Waals surface area contributed by atoms with Crippen LogP contribution in [0.4, 0.5) is 13.2 Å². The van der Waals surface area contributed by atoms with Gasteiger partial charge in [-0.3, -0.25) is 9.69 Å². The fraction of sp³-hybridized carbons (Fsp3) is 0.588. The monoisotopic (exact) mass is 360 g/mol. The molecule has 2 atom stereocenters. The van der Waals surface area contributed by atoms with Crippen LogP contribution in [-0.4, -0.2) is 55.6 Å². The van der Waals surface area contributed by atoms with Crippen molar-refractivity contribution in [2.24, 2.45) is 0 Å². The molecule has 1 aromatic rings. The Labute approximate surface area is 145 Å². The maximum absolute atomic E-state index is 12.1. The molecule has 1 saturated heterocycles. The topological polar surface area (TPSA) is 50.8 Å². The van der Waals surface area contributed by atoms with Crippen molar-refractivity contribution in [3.05, 3.63) is 29.8 Å². The van der Waals surface area contributed by atoms with Crippen LogP contribution in [-0.2, 0) is 16.0 Å². The highest BCUT2D eigenvalue weighted by molar-refractivity contribution is 5.78. The fourth-order valence-electron chi connectivity index (χ4n) is 2.88. The molecular formula is C17H23F3N2O3. The molecular weight excluding hydrogens is 337 g/mol. The highest BCUT2D eigenvalue weighted by atomic mass is 19.4. The van der Waals surface area contributed by atoms with E-state index >= 15 is 0 Å². The number of amides is 1. The summed E-state index contributed by atoms with van der Waals surface area (Å²) in [6, 6.07) is 5.64. The van der Waals surface area contributed by atoms with Crippen molar-refractivity contribution < 1.29 is 27.4 Å². The average Bonchev–Trinajstić information content (AvgIpc) is 2.46. The van der Waals surface area contributed by atoms with Gasteiger partial charge in [-0.25, -0.2) is 0 Å². The van der Waals surface area contributed by atoms with Crippen LogP contribution in [0.15, 0.2) is 24.3 Å². The summed E-state index contributed by atoms with van der Waals surface area (Å²) in [6.45, 7) is 6.14. The third-order valence-corrected chi connectivity index (χ3v) is 3.76. The molecule has 5 nitrogen and oxygen atoms in total. The minimum absolute atomic E-state index is 0.0710. The minimum Gasteiger partial charge on any atom is -0.406 e. The molecule has 2 unspecified atom stereocenters. The molecule has 1 fully saturated rings. The minimum atomic E-state index is -4.69. The Balaban J connectivity index is 1.70. The summed E-state index contributed by atoms with van der Waals surface area (Å²) >= 11 is 0. The first-order valence-electron chi connectivity index (χ1n) is 8.20. The van der Waals surface area contributed by atoms with Gasteiger partial charge in [0, 0.05) is 19.6 Å². The third-order valence-electron chi connectivity index (χ3n) is 3.76. The van der Waals surface area contributed by atoms with Gasteiger partial charge in [0.15, 0.2) is 0 Å². The van der Waals surface area contributed by atoms with Gasteiger partial charge >= 0.3 is 6.36 Å². The van der Waals surface area contributed by atoms with Crippen LogP contribution < -0.4 is 10.1 Å². The number of alkyl halides is 3. The van der Waals surface area contributed by atoms with Crippen molar-refractivity contribution in [1.29, 1.82) is 0 Å². The smallest absolute Gasteiger partial charge is 0.406 e. The van der Waals surface area contributed by atoms with Gasteiger partial charge in [0.05, 0.1) is 18.8 Å². The molecule has 8 heteroatoms. The number of hydrogen-bond acceptors (Lipinski definition) is 4. The lowest BCUT2D eigenvalue weighted by atomic mass is 10.1. The van der Waals surface area contributed by atoms with Crippen LogP contribution in [0.1, 0.15) is 19.4 Å². The molecule has 0 spiro atoms. The van der Waals surface area contributed by atoms with Gasteiger partial charge in [-0.2, -0.15) is 0 Å². The predicted octanol–water partition coefficient (Wildman–Crippen LogP) is 2.35. The zero-order valence-electron chi connectivity index (χ0n) is 14.3. The molecule has 1 aliphatic heterocycles. The molecule has 25 heavy (non-hydrogen) atoms. The van der Waals surface area contributed by atoms with Gasteiger partial charge in [-0.1, -0.05) is 12.1 Å². The molecule has 1 N–H and O–H groups in total. The first-order chi connectivity index (χ1) is 11.7. The molecule has 0 aromatic heterocycles. The Morgan fingerprint density at radius 2 is 1.84 bits per heavy atom. The standard InChI is InChI=1S/C17H23F3N2O3/c1-12-9-22(10-13(2)24-12)11-16(23)21-8-7-14-3-5-15(6-4-14)25-17(18,19)20/h3-6,12-13H,7-11H2,1-2H3,(H,21,23). The fourth-order valence-corrected chi connectivity index (χ4v) is 2.88. The molecule has 1 aromatic carbocycles. The second kappa shape index (κ2) is 8.53. The maximum Gasteiger partial charge on any atom is 0.573 e. The summed E-state index contributed by atoms with van der Waals surface area (Å²) in [6.07, 6.45) is -3.94. The lowest BCUT2D eigenvalue weighted by Gasteiger charge is -2.34. The lowest BCUT2D eigenvalue weighted by molar-refractivity contribution is -0.274. The van der Waals surface area contributed by atoms with Crippen molar-refractivity contribution in [2.45, 2.75) is 38.8 Å². The summed E-state index contributed by atoms with van der Waals surface area (Å²) in [5.74, 6) is -0.325. The molecule has 1 heterocycles. The van der Waals surface area contributed by atoms with Crippen LogP contribution in [0.3, 0.4) is 0 Å². The Morgan fingerprint density at radius 1 is 1.24 bits per heavy atom. The Bertz CT molecular complexity index is 553. The zero-order chi connectivity index (χ0) is 18.4. The van der Waals surface area contributed by atoms with Crippen LogP contribution in [0.5, 0.6) is 5.75 Å². The van der Waals surface area contributed by atoms with Crippen LogP contribution in [0, 0.1) is 0 Å². The Morgan fingerprint density at radius 3 is 2.40 bits per heavy atom. The van der Waals surface area contributed by atoms with E-state index in [1.165, 1.54) is 12.1 Å². The van der Waals surface area contributed by atoms with Gasteiger partial charge in [0.1, 0.15) is 5.75 Å². The van der Waals surface area contributed by atoms with Crippen molar-refractivity contribution in [1.82, 2.24) is 10.2 Å². The number of carbonyl (C=O) groups excluding carboxylic acids is 1. The van der Waals surface area contributed by atoms with Gasteiger partial charge in [0.25, 0.3) is 0 Å². The molecule has 2 rings (SSSR count). The Kier molecular flexibility index (Phi) is 6.66. The van der Waals surface area contributed by atoms with E-state index in [1.807, 2.05) is 13.8 Å². The Hall–Kier alpha value is -1.80. The molecule has 1 amide bonds. The van der Waals surface area contributed by atoms with E-state index < -0.39 is 6.36 Å². The summed E-state index contributed by atoms with van der Waals surface area (Å²) in [4.78, 5) is 14.0. The third kappa shape index (κ3) is 7.31. The van der Waals surface area contributed by atoms with Crippen LogP contribution in [0.2, 0.25) is 0 Å². The van der Waals surface area contributed by atoms with E-state index in [2.05, 4.69) is 15.0 Å². The van der Waals surface area contributed by atoms with E-state index in [9.17, 15) is 18.0 Å². The molecule has 0 aliphatic carbocycles. The van der Waals surface area contributed by atoms with Crippen LogP contribution in [0.25, 0.3) is 0 Å². The van der Waals surface area contributed by atoms with Gasteiger partial charge < -0.3 is 14.8 Å². The summed E-state index contributed by atoms with van der Waals surface area (Å²) < 4.78 is 45.7. The largest absolute Gasteiger partial charge is 0.573 e. The number of halogens is 3. The van der Waals surface area contributed by atoms with E-state index in [0.29, 0.717) is 19.5 Å². The first-order valence-corrected chi connectivity index (χ1v) is 8.20. The number of benzene rings is 1. The number of morpholine rings is 1. The quantitative estimate of drug-likeness (QED) is 0.846. The maximum atomic E-state index is 12.1.